The Kier molecular flexibility index (Phi) is 5.80. The minimum Gasteiger partial charge on any atom is -0.384 e. The normalized spacial score (nSPS) is 12.8. The lowest BCUT2D eigenvalue weighted by atomic mass is 10.2. The van der Waals surface area contributed by atoms with Crippen LogP contribution >= 0.6 is 11.8 Å². The van der Waals surface area contributed by atoms with Crippen LogP contribution in [0.5, 0.6) is 0 Å². The number of nitrogens with zero attached hydrogens (tertiary/aromatic N) is 3. The second-order valence-electron chi connectivity index (χ2n) is 5.41. The van der Waals surface area contributed by atoms with Crippen molar-refractivity contribution in [1.82, 2.24) is 14.9 Å². The Morgan fingerprint density at radius 2 is 1.75 bits per heavy atom. The van der Waals surface area contributed by atoms with Gasteiger partial charge in [0.15, 0.2) is 5.16 Å². The minimum absolute atomic E-state index is 0.101. The molecule has 20 heavy (non-hydrogen) atoms. The van der Waals surface area contributed by atoms with E-state index in [4.69, 9.17) is 5.73 Å². The molecule has 1 heterocycles. The van der Waals surface area contributed by atoms with Crippen LogP contribution in [0.2, 0.25) is 0 Å². The van der Waals surface area contributed by atoms with Crippen LogP contribution in [0.1, 0.15) is 40.3 Å². The third-order valence-corrected chi connectivity index (χ3v) is 3.80. The third kappa shape index (κ3) is 4.37. The molecule has 1 rings (SSSR count). The maximum atomic E-state index is 12.5. The molecule has 5 nitrogen and oxygen atoms in total. The molecule has 6 heteroatoms. The quantitative estimate of drug-likeness (QED) is 0.667. The van der Waals surface area contributed by atoms with Crippen LogP contribution < -0.4 is 5.73 Å². The highest BCUT2D eigenvalue weighted by Gasteiger charge is 2.26. The smallest absolute Gasteiger partial charge is 0.236 e. The van der Waals surface area contributed by atoms with E-state index < -0.39 is 0 Å². The van der Waals surface area contributed by atoms with E-state index in [-0.39, 0.29) is 23.2 Å². The van der Waals surface area contributed by atoms with Crippen LogP contribution in [0.3, 0.4) is 0 Å². The van der Waals surface area contributed by atoms with E-state index in [0.717, 1.165) is 5.69 Å². The number of amides is 1. The Morgan fingerprint density at radius 1 is 1.20 bits per heavy atom. The zero-order valence-corrected chi connectivity index (χ0v) is 13.9. The number of hydrogen-bond acceptors (Lipinski definition) is 5. The summed E-state index contributed by atoms with van der Waals surface area (Å²) in [5.41, 5.74) is 6.52. The summed E-state index contributed by atoms with van der Waals surface area (Å²) in [6.45, 7) is 11.8. The standard InChI is InChI=1S/C14H24N4OS/c1-8(2)18(9(3)4)13(19)11(6)20-14-16-10(5)7-12(15)17-14/h7-9,11H,1-6H3,(H2,15,16,17). The topological polar surface area (TPSA) is 72.1 Å². The Labute approximate surface area is 125 Å². The van der Waals surface area contributed by atoms with Crippen LogP contribution in [0, 0.1) is 6.92 Å². The molecule has 1 amide bonds. The Morgan fingerprint density at radius 3 is 2.20 bits per heavy atom. The van der Waals surface area contributed by atoms with Gasteiger partial charge in [-0.05, 0) is 41.5 Å². The van der Waals surface area contributed by atoms with Gasteiger partial charge in [0.05, 0.1) is 5.25 Å². The van der Waals surface area contributed by atoms with Crippen LogP contribution in [0.4, 0.5) is 5.82 Å². The van der Waals surface area contributed by atoms with Gasteiger partial charge in [-0.1, -0.05) is 11.8 Å². The van der Waals surface area contributed by atoms with E-state index in [2.05, 4.69) is 9.97 Å². The second-order valence-corrected chi connectivity index (χ2v) is 6.72. The van der Waals surface area contributed by atoms with Gasteiger partial charge in [0.25, 0.3) is 0 Å². The molecule has 0 aliphatic carbocycles. The van der Waals surface area contributed by atoms with Crippen molar-refractivity contribution in [3.8, 4) is 0 Å². The number of hydrogen-bond donors (Lipinski definition) is 1. The van der Waals surface area contributed by atoms with E-state index >= 15 is 0 Å². The zero-order chi connectivity index (χ0) is 15.4. The summed E-state index contributed by atoms with van der Waals surface area (Å²) < 4.78 is 0. The van der Waals surface area contributed by atoms with Crippen LogP contribution in [-0.4, -0.2) is 38.1 Å². The molecule has 2 N–H and O–H groups in total. The van der Waals surface area contributed by atoms with Crippen molar-refractivity contribution in [1.29, 1.82) is 0 Å². The van der Waals surface area contributed by atoms with E-state index in [1.807, 2.05) is 46.4 Å². The fourth-order valence-electron chi connectivity index (χ4n) is 2.14. The van der Waals surface area contributed by atoms with E-state index in [0.29, 0.717) is 11.0 Å². The zero-order valence-electron chi connectivity index (χ0n) is 13.0. The molecule has 1 unspecified atom stereocenters. The van der Waals surface area contributed by atoms with Crippen molar-refractivity contribution in [2.45, 2.75) is 64.0 Å². The number of anilines is 1. The minimum atomic E-state index is -0.235. The number of thioether (sulfide) groups is 1. The summed E-state index contributed by atoms with van der Waals surface area (Å²) in [7, 11) is 0. The lowest BCUT2D eigenvalue weighted by Gasteiger charge is -2.32. The molecule has 0 saturated heterocycles. The molecular formula is C14H24N4OS. The summed E-state index contributed by atoms with van der Waals surface area (Å²) in [5.74, 6) is 0.535. The number of nitrogen functional groups attached to an aromatic ring is 1. The molecule has 112 valence electrons. The van der Waals surface area contributed by atoms with Crippen molar-refractivity contribution in [2.75, 3.05) is 5.73 Å². The molecule has 0 bridgehead atoms. The van der Waals surface area contributed by atoms with Gasteiger partial charge in [-0.3, -0.25) is 4.79 Å². The molecule has 1 atom stereocenters. The van der Waals surface area contributed by atoms with Crippen molar-refractivity contribution >= 4 is 23.5 Å². The predicted molar refractivity (Wildman–Crippen MR) is 83.6 cm³/mol. The van der Waals surface area contributed by atoms with Crippen LogP contribution in [0.15, 0.2) is 11.2 Å². The van der Waals surface area contributed by atoms with Gasteiger partial charge in [0.2, 0.25) is 5.91 Å². The maximum Gasteiger partial charge on any atom is 0.236 e. The molecule has 0 aliphatic rings. The Balaban J connectivity index is 2.84. The number of nitrogens with two attached hydrogens (primary N) is 1. The van der Waals surface area contributed by atoms with Gasteiger partial charge in [-0.25, -0.2) is 9.97 Å². The highest BCUT2D eigenvalue weighted by atomic mass is 32.2. The molecule has 1 aromatic heterocycles. The first-order valence-corrected chi connectivity index (χ1v) is 7.70. The average molecular weight is 296 g/mol. The highest BCUT2D eigenvalue weighted by Crippen LogP contribution is 2.23. The predicted octanol–water partition coefficient (Wildman–Crippen LogP) is 2.49. The van der Waals surface area contributed by atoms with Crippen molar-refractivity contribution in [2.24, 2.45) is 0 Å². The first-order valence-electron chi connectivity index (χ1n) is 6.82. The summed E-state index contributed by atoms with van der Waals surface area (Å²) in [4.78, 5) is 22.9. The molecule has 0 aliphatic heterocycles. The van der Waals surface area contributed by atoms with Crippen molar-refractivity contribution in [3.63, 3.8) is 0 Å². The fraction of sp³-hybridized carbons (Fsp3) is 0.643. The van der Waals surface area contributed by atoms with E-state index in [1.165, 1.54) is 11.8 Å². The monoisotopic (exact) mass is 296 g/mol. The molecule has 0 radical (unpaired) electrons. The molecular weight excluding hydrogens is 272 g/mol. The average Bonchev–Trinajstić information content (AvgIpc) is 2.25. The highest BCUT2D eigenvalue weighted by molar-refractivity contribution is 8.00. The summed E-state index contributed by atoms with van der Waals surface area (Å²) in [5, 5.41) is 0.316. The van der Waals surface area contributed by atoms with Crippen molar-refractivity contribution in [3.05, 3.63) is 11.8 Å². The molecule has 0 fully saturated rings. The molecule has 0 aromatic carbocycles. The number of carbonyl (C=O) groups excluding carboxylic acids is 1. The summed E-state index contributed by atoms with van der Waals surface area (Å²) in [6, 6.07) is 2.06. The molecule has 1 aromatic rings. The van der Waals surface area contributed by atoms with Gasteiger partial charge in [-0.15, -0.1) is 0 Å². The Bertz CT molecular complexity index is 448. The van der Waals surface area contributed by atoms with Crippen LogP contribution in [0.25, 0.3) is 0 Å². The van der Waals surface area contributed by atoms with Gasteiger partial charge in [0.1, 0.15) is 5.82 Å². The molecule has 0 saturated carbocycles. The van der Waals surface area contributed by atoms with Crippen molar-refractivity contribution < 1.29 is 4.79 Å². The molecule has 0 spiro atoms. The second kappa shape index (κ2) is 6.92. The fourth-order valence-corrected chi connectivity index (χ4v) is 3.03. The third-order valence-electron chi connectivity index (χ3n) is 2.85. The number of aromatic nitrogens is 2. The number of carbonyl (C=O) groups is 1. The van der Waals surface area contributed by atoms with E-state index in [1.54, 1.807) is 6.07 Å². The lowest BCUT2D eigenvalue weighted by molar-refractivity contribution is -0.133. The van der Waals surface area contributed by atoms with Crippen LogP contribution in [-0.2, 0) is 4.79 Å². The number of aryl methyl sites for hydroxylation is 1. The summed E-state index contributed by atoms with van der Waals surface area (Å²) >= 11 is 1.35. The maximum absolute atomic E-state index is 12.5. The lowest BCUT2D eigenvalue weighted by Crippen LogP contribution is -2.45. The first kappa shape index (κ1) is 16.8. The van der Waals surface area contributed by atoms with Gasteiger partial charge in [-0.2, -0.15) is 0 Å². The largest absolute Gasteiger partial charge is 0.384 e. The SMILES string of the molecule is Cc1cc(N)nc(SC(C)C(=O)N(C(C)C)C(C)C)n1. The van der Waals surface area contributed by atoms with Gasteiger partial charge < -0.3 is 10.6 Å². The number of rotatable bonds is 5. The Hall–Kier alpha value is -1.30. The first-order chi connectivity index (χ1) is 9.22. The van der Waals surface area contributed by atoms with Gasteiger partial charge >= 0.3 is 0 Å². The van der Waals surface area contributed by atoms with Gasteiger partial charge in [0, 0.05) is 23.8 Å². The van der Waals surface area contributed by atoms with E-state index in [9.17, 15) is 4.79 Å². The summed E-state index contributed by atoms with van der Waals surface area (Å²) in [6.07, 6.45) is 0.